The van der Waals surface area contributed by atoms with E-state index in [1.165, 1.54) is 6.07 Å². The van der Waals surface area contributed by atoms with Gasteiger partial charge >= 0.3 is 0 Å². The molecular weight excluding hydrogens is 254 g/mol. The van der Waals surface area contributed by atoms with Crippen molar-refractivity contribution in [1.29, 1.82) is 0 Å². The maximum atomic E-state index is 13.0. The van der Waals surface area contributed by atoms with Crippen LogP contribution in [-0.2, 0) is 4.79 Å². The van der Waals surface area contributed by atoms with Gasteiger partial charge in [-0.15, -0.1) is 0 Å². The van der Waals surface area contributed by atoms with E-state index in [0.717, 1.165) is 18.6 Å². The topological polar surface area (TPSA) is 55.6 Å². The molecule has 1 amide bonds. The molecule has 2 rings (SSSR count). The van der Waals surface area contributed by atoms with Crippen LogP contribution in [0.4, 0.5) is 8.78 Å². The standard InChI is InChI=1S/C13H16F2N2O2/c1-8(13(18)17-5-4-9(16)7-17)19-10-2-3-11(14)12(15)6-10/h2-3,6,8-9H,4-5,7,16H2,1H3/t8-,9-/m0/s1. The normalized spacial score (nSPS) is 20.4. The quantitative estimate of drug-likeness (QED) is 0.900. The molecule has 0 aliphatic carbocycles. The summed E-state index contributed by atoms with van der Waals surface area (Å²) < 4.78 is 31.1. The van der Waals surface area contributed by atoms with Crippen LogP contribution in [0, 0.1) is 11.6 Å². The van der Waals surface area contributed by atoms with Gasteiger partial charge in [-0.05, 0) is 25.5 Å². The number of benzene rings is 1. The second kappa shape index (κ2) is 5.52. The van der Waals surface area contributed by atoms with E-state index >= 15 is 0 Å². The summed E-state index contributed by atoms with van der Waals surface area (Å²) in [7, 11) is 0. The minimum absolute atomic E-state index is 0.000541. The van der Waals surface area contributed by atoms with Gasteiger partial charge < -0.3 is 15.4 Å². The Labute approximate surface area is 110 Å². The molecule has 1 aromatic rings. The third-order valence-electron chi connectivity index (χ3n) is 3.09. The summed E-state index contributed by atoms with van der Waals surface area (Å²) in [4.78, 5) is 13.6. The van der Waals surface area contributed by atoms with E-state index in [-0.39, 0.29) is 17.7 Å². The van der Waals surface area contributed by atoms with Gasteiger partial charge in [0.15, 0.2) is 17.7 Å². The van der Waals surface area contributed by atoms with Gasteiger partial charge in [0, 0.05) is 25.2 Å². The van der Waals surface area contributed by atoms with Gasteiger partial charge in [-0.25, -0.2) is 8.78 Å². The van der Waals surface area contributed by atoms with E-state index in [2.05, 4.69) is 0 Å². The zero-order valence-electron chi connectivity index (χ0n) is 10.6. The predicted octanol–water partition coefficient (Wildman–Crippen LogP) is 1.29. The molecule has 0 bridgehead atoms. The number of nitrogens with two attached hydrogens (primary N) is 1. The first-order chi connectivity index (χ1) is 8.97. The van der Waals surface area contributed by atoms with Crippen molar-refractivity contribution in [1.82, 2.24) is 4.90 Å². The van der Waals surface area contributed by atoms with E-state index in [4.69, 9.17) is 10.5 Å². The van der Waals surface area contributed by atoms with E-state index in [0.29, 0.717) is 13.1 Å². The first-order valence-electron chi connectivity index (χ1n) is 6.13. The van der Waals surface area contributed by atoms with Crippen LogP contribution in [0.5, 0.6) is 5.75 Å². The lowest BCUT2D eigenvalue weighted by Gasteiger charge is -2.21. The number of carbonyl (C=O) groups excluding carboxylic acids is 1. The molecule has 1 fully saturated rings. The molecular formula is C13H16F2N2O2. The first-order valence-corrected chi connectivity index (χ1v) is 6.13. The van der Waals surface area contributed by atoms with Crippen LogP contribution >= 0.6 is 0 Å². The number of nitrogens with zero attached hydrogens (tertiary/aromatic N) is 1. The summed E-state index contributed by atoms with van der Waals surface area (Å²) >= 11 is 0. The number of ether oxygens (including phenoxy) is 1. The average molecular weight is 270 g/mol. The molecule has 1 saturated heterocycles. The summed E-state index contributed by atoms with van der Waals surface area (Å²) in [6, 6.07) is 3.18. The highest BCUT2D eigenvalue weighted by Crippen LogP contribution is 2.18. The third-order valence-corrected chi connectivity index (χ3v) is 3.09. The van der Waals surface area contributed by atoms with Crippen LogP contribution in [-0.4, -0.2) is 36.0 Å². The first kappa shape index (κ1) is 13.7. The highest BCUT2D eigenvalue weighted by molar-refractivity contribution is 5.81. The molecule has 1 heterocycles. The number of halogens is 2. The van der Waals surface area contributed by atoms with Crippen LogP contribution in [0.3, 0.4) is 0 Å². The van der Waals surface area contributed by atoms with Crippen molar-refractivity contribution in [3.8, 4) is 5.75 Å². The highest BCUT2D eigenvalue weighted by atomic mass is 19.2. The Kier molecular flexibility index (Phi) is 3.99. The minimum Gasteiger partial charge on any atom is -0.481 e. The molecule has 0 saturated carbocycles. The van der Waals surface area contributed by atoms with Crippen molar-refractivity contribution in [2.24, 2.45) is 5.73 Å². The van der Waals surface area contributed by atoms with Crippen LogP contribution in [0.2, 0.25) is 0 Å². The van der Waals surface area contributed by atoms with Gasteiger partial charge in [0.1, 0.15) is 5.75 Å². The zero-order valence-corrected chi connectivity index (χ0v) is 10.6. The molecule has 4 nitrogen and oxygen atoms in total. The Morgan fingerprint density at radius 3 is 2.79 bits per heavy atom. The van der Waals surface area contributed by atoms with Gasteiger partial charge in [-0.2, -0.15) is 0 Å². The smallest absolute Gasteiger partial charge is 0.263 e. The number of rotatable bonds is 3. The van der Waals surface area contributed by atoms with Gasteiger partial charge in [-0.3, -0.25) is 4.79 Å². The molecule has 0 spiro atoms. The number of amides is 1. The number of likely N-dealkylation sites (tertiary alicyclic amines) is 1. The Balaban J connectivity index is 1.98. The predicted molar refractivity (Wildman–Crippen MR) is 65.6 cm³/mol. The Morgan fingerprint density at radius 1 is 1.47 bits per heavy atom. The third kappa shape index (κ3) is 3.20. The van der Waals surface area contributed by atoms with Gasteiger partial charge in [-0.1, -0.05) is 0 Å². The van der Waals surface area contributed by atoms with Gasteiger partial charge in [0.2, 0.25) is 0 Å². The summed E-state index contributed by atoms with van der Waals surface area (Å²) in [5.41, 5.74) is 5.73. The van der Waals surface area contributed by atoms with Crippen LogP contribution < -0.4 is 10.5 Å². The van der Waals surface area contributed by atoms with Crippen molar-refractivity contribution in [2.45, 2.75) is 25.5 Å². The molecule has 2 N–H and O–H groups in total. The fraction of sp³-hybridized carbons (Fsp3) is 0.462. The largest absolute Gasteiger partial charge is 0.481 e. The molecule has 0 radical (unpaired) electrons. The van der Waals surface area contributed by atoms with E-state index in [1.54, 1.807) is 11.8 Å². The van der Waals surface area contributed by atoms with Crippen LogP contribution in [0.25, 0.3) is 0 Å². The van der Waals surface area contributed by atoms with Gasteiger partial charge in [0.25, 0.3) is 5.91 Å². The van der Waals surface area contributed by atoms with Crippen molar-refractivity contribution in [3.05, 3.63) is 29.8 Å². The molecule has 104 valence electrons. The van der Waals surface area contributed by atoms with E-state index in [9.17, 15) is 13.6 Å². The van der Waals surface area contributed by atoms with E-state index < -0.39 is 17.7 Å². The van der Waals surface area contributed by atoms with E-state index in [1.807, 2.05) is 0 Å². The maximum Gasteiger partial charge on any atom is 0.263 e. The number of hydrogen-bond acceptors (Lipinski definition) is 3. The summed E-state index contributed by atoms with van der Waals surface area (Å²) in [6.07, 6.45) is 0.0130. The second-order valence-corrected chi connectivity index (χ2v) is 4.67. The lowest BCUT2D eigenvalue weighted by molar-refractivity contribution is -0.136. The molecule has 1 aliphatic rings. The SMILES string of the molecule is C[C@H](Oc1ccc(F)c(F)c1)C(=O)N1CC[C@H](N)C1. The van der Waals surface area contributed by atoms with Crippen molar-refractivity contribution < 1.29 is 18.3 Å². The molecule has 1 aromatic carbocycles. The second-order valence-electron chi connectivity index (χ2n) is 4.67. The molecule has 19 heavy (non-hydrogen) atoms. The number of hydrogen-bond donors (Lipinski definition) is 1. The molecule has 1 aliphatic heterocycles. The van der Waals surface area contributed by atoms with Crippen molar-refractivity contribution in [3.63, 3.8) is 0 Å². The summed E-state index contributed by atoms with van der Waals surface area (Å²) in [6.45, 7) is 2.68. The van der Waals surface area contributed by atoms with Crippen molar-refractivity contribution in [2.75, 3.05) is 13.1 Å². The Bertz CT molecular complexity index is 482. The molecule has 6 heteroatoms. The minimum atomic E-state index is -1.000. The van der Waals surface area contributed by atoms with Crippen LogP contribution in [0.15, 0.2) is 18.2 Å². The Hall–Kier alpha value is -1.69. The fourth-order valence-electron chi connectivity index (χ4n) is 2.05. The maximum absolute atomic E-state index is 13.0. The number of carbonyl (C=O) groups is 1. The molecule has 0 unspecified atom stereocenters. The zero-order chi connectivity index (χ0) is 14.0. The molecule has 0 aromatic heterocycles. The summed E-state index contributed by atoms with van der Waals surface area (Å²) in [5, 5.41) is 0. The molecule has 2 atom stereocenters. The highest BCUT2D eigenvalue weighted by Gasteiger charge is 2.28. The Morgan fingerprint density at radius 2 is 2.21 bits per heavy atom. The average Bonchev–Trinajstić information content (AvgIpc) is 2.79. The lowest BCUT2D eigenvalue weighted by Crippen LogP contribution is -2.40. The van der Waals surface area contributed by atoms with Crippen molar-refractivity contribution >= 4 is 5.91 Å². The lowest BCUT2D eigenvalue weighted by atomic mass is 10.3. The summed E-state index contributed by atoms with van der Waals surface area (Å²) in [5.74, 6) is -2.02. The van der Waals surface area contributed by atoms with Crippen LogP contribution in [0.1, 0.15) is 13.3 Å². The fourth-order valence-corrected chi connectivity index (χ4v) is 2.05. The van der Waals surface area contributed by atoms with Gasteiger partial charge in [0.05, 0.1) is 0 Å². The monoisotopic (exact) mass is 270 g/mol.